The van der Waals surface area contributed by atoms with Crippen LogP contribution in [0, 0.1) is 18.8 Å². The van der Waals surface area contributed by atoms with Crippen LogP contribution in [0.5, 0.6) is 0 Å². The molecule has 28 heavy (non-hydrogen) atoms. The van der Waals surface area contributed by atoms with Crippen LogP contribution in [0.25, 0.3) is 0 Å². The fourth-order valence-corrected chi connectivity index (χ4v) is 5.11. The maximum Gasteiger partial charge on any atom is 0.236 e. The second-order valence-electron chi connectivity index (χ2n) is 8.69. The first-order chi connectivity index (χ1) is 13.6. The Kier molecular flexibility index (Phi) is 4.35. The van der Waals surface area contributed by atoms with E-state index in [4.69, 9.17) is 4.98 Å². The van der Waals surface area contributed by atoms with Crippen molar-refractivity contribution in [3.8, 4) is 0 Å². The van der Waals surface area contributed by atoms with E-state index in [-0.39, 0.29) is 11.8 Å². The number of carbonyl (C=O) groups is 1. The number of fused-ring (bicyclic) bond motifs is 2. The van der Waals surface area contributed by atoms with Gasteiger partial charge in [0.25, 0.3) is 0 Å². The van der Waals surface area contributed by atoms with Gasteiger partial charge in [0.15, 0.2) is 0 Å². The van der Waals surface area contributed by atoms with Gasteiger partial charge in [0.05, 0.1) is 18.2 Å². The van der Waals surface area contributed by atoms with Gasteiger partial charge in [-0.3, -0.25) is 4.79 Å². The van der Waals surface area contributed by atoms with Crippen LogP contribution in [0.3, 0.4) is 0 Å². The molecule has 3 heterocycles. The van der Waals surface area contributed by atoms with Crippen molar-refractivity contribution in [3.63, 3.8) is 0 Å². The minimum absolute atomic E-state index is 0.122. The first kappa shape index (κ1) is 17.7. The maximum atomic E-state index is 13.0. The zero-order chi connectivity index (χ0) is 19.3. The van der Waals surface area contributed by atoms with Crippen molar-refractivity contribution < 1.29 is 4.79 Å². The smallest absolute Gasteiger partial charge is 0.236 e. The zero-order valence-corrected chi connectivity index (χ0v) is 16.7. The molecule has 5 rings (SSSR count). The molecule has 3 unspecified atom stereocenters. The summed E-state index contributed by atoms with van der Waals surface area (Å²) in [6, 6.07) is 12.4. The lowest BCUT2D eigenvalue weighted by Crippen LogP contribution is -2.39. The predicted octanol–water partition coefficient (Wildman–Crippen LogP) is 4.10. The van der Waals surface area contributed by atoms with Gasteiger partial charge < -0.3 is 10.3 Å². The van der Waals surface area contributed by atoms with Gasteiger partial charge in [-0.05, 0) is 62.3 Å². The first-order valence-corrected chi connectivity index (χ1v) is 10.5. The number of aromatic nitrogens is 1. The van der Waals surface area contributed by atoms with Crippen LogP contribution in [0.4, 0.5) is 11.5 Å². The SMILES string of the molecule is Cc1ccc(N2Cc3ccc(NN4CC5CCCC5C4)nc3C(C)C2=O)cc1. The summed E-state index contributed by atoms with van der Waals surface area (Å²) in [5.74, 6) is 2.44. The molecule has 2 aromatic rings. The van der Waals surface area contributed by atoms with E-state index >= 15 is 0 Å². The van der Waals surface area contributed by atoms with Crippen molar-refractivity contribution in [2.24, 2.45) is 11.8 Å². The van der Waals surface area contributed by atoms with Gasteiger partial charge in [0.2, 0.25) is 5.91 Å². The number of anilines is 2. The standard InChI is InChI=1S/C23H28N4O/c1-15-6-9-20(10-7-15)27-14-19-8-11-21(24-22(19)16(2)23(27)28)25-26-12-17-4-3-5-18(17)13-26/h6-11,16-18H,3-5,12-14H2,1-2H3,(H,24,25). The molecule has 2 fully saturated rings. The van der Waals surface area contributed by atoms with Crippen molar-refractivity contribution >= 4 is 17.4 Å². The number of pyridine rings is 1. The van der Waals surface area contributed by atoms with Gasteiger partial charge in [0, 0.05) is 18.8 Å². The van der Waals surface area contributed by atoms with E-state index in [2.05, 4.69) is 41.6 Å². The maximum absolute atomic E-state index is 13.0. The number of benzene rings is 1. The van der Waals surface area contributed by atoms with Gasteiger partial charge in [-0.15, -0.1) is 0 Å². The fourth-order valence-electron chi connectivity index (χ4n) is 5.11. The monoisotopic (exact) mass is 376 g/mol. The normalized spacial score (nSPS) is 27.0. The summed E-state index contributed by atoms with van der Waals surface area (Å²) in [6.45, 7) is 6.84. The molecule has 5 heteroatoms. The van der Waals surface area contributed by atoms with E-state index in [0.717, 1.165) is 47.7 Å². The number of hydrogen-bond acceptors (Lipinski definition) is 4. The van der Waals surface area contributed by atoms with Gasteiger partial charge in [0.1, 0.15) is 5.82 Å². The Labute approximate surface area is 166 Å². The highest BCUT2D eigenvalue weighted by molar-refractivity contribution is 5.99. The second-order valence-corrected chi connectivity index (χ2v) is 8.69. The molecule has 1 amide bonds. The number of nitrogens with zero attached hydrogens (tertiary/aromatic N) is 3. The molecular formula is C23H28N4O. The van der Waals surface area contributed by atoms with Crippen LogP contribution in [-0.4, -0.2) is 29.0 Å². The summed E-state index contributed by atoms with van der Waals surface area (Å²) in [6.07, 6.45) is 4.11. The van der Waals surface area contributed by atoms with Crippen molar-refractivity contribution in [1.82, 2.24) is 9.99 Å². The third kappa shape index (κ3) is 3.08. The van der Waals surface area contributed by atoms with Gasteiger partial charge >= 0.3 is 0 Å². The molecule has 1 saturated heterocycles. The molecule has 1 saturated carbocycles. The third-order valence-electron chi connectivity index (χ3n) is 6.73. The van der Waals surface area contributed by atoms with Crippen LogP contribution >= 0.6 is 0 Å². The molecule has 2 aliphatic heterocycles. The Morgan fingerprint density at radius 2 is 1.75 bits per heavy atom. The molecule has 146 valence electrons. The second kappa shape index (κ2) is 6.89. The molecule has 1 aliphatic carbocycles. The Balaban J connectivity index is 1.35. The predicted molar refractivity (Wildman–Crippen MR) is 111 cm³/mol. The number of amides is 1. The van der Waals surface area contributed by atoms with E-state index in [9.17, 15) is 4.79 Å². The largest absolute Gasteiger partial charge is 0.307 e. The summed E-state index contributed by atoms with van der Waals surface area (Å²) in [7, 11) is 0. The topological polar surface area (TPSA) is 48.5 Å². The van der Waals surface area contributed by atoms with Gasteiger partial charge in [-0.25, -0.2) is 9.99 Å². The number of nitrogens with one attached hydrogen (secondary N) is 1. The first-order valence-electron chi connectivity index (χ1n) is 10.5. The minimum atomic E-state index is -0.232. The number of aryl methyl sites for hydroxylation is 1. The van der Waals surface area contributed by atoms with Crippen molar-refractivity contribution in [2.45, 2.75) is 45.6 Å². The Morgan fingerprint density at radius 1 is 1.04 bits per heavy atom. The highest BCUT2D eigenvalue weighted by Crippen LogP contribution is 2.38. The Hall–Kier alpha value is -2.40. The van der Waals surface area contributed by atoms with Gasteiger partial charge in [-0.2, -0.15) is 0 Å². The fraction of sp³-hybridized carbons (Fsp3) is 0.478. The molecule has 3 atom stereocenters. The highest BCUT2D eigenvalue weighted by Gasteiger charge is 2.37. The molecule has 1 aromatic heterocycles. The molecule has 5 nitrogen and oxygen atoms in total. The van der Waals surface area contributed by atoms with Crippen LogP contribution in [0.15, 0.2) is 36.4 Å². The lowest BCUT2D eigenvalue weighted by molar-refractivity contribution is -0.120. The number of rotatable bonds is 3. The lowest BCUT2D eigenvalue weighted by atomic mass is 9.95. The van der Waals surface area contributed by atoms with E-state index in [1.54, 1.807) is 0 Å². The molecule has 1 N–H and O–H groups in total. The van der Waals surface area contributed by atoms with Gasteiger partial charge in [-0.1, -0.05) is 30.2 Å². The molecule has 0 radical (unpaired) electrons. The molecule has 1 aromatic carbocycles. The minimum Gasteiger partial charge on any atom is -0.307 e. The van der Waals surface area contributed by atoms with Crippen molar-refractivity contribution in [3.05, 3.63) is 53.2 Å². The zero-order valence-electron chi connectivity index (χ0n) is 16.7. The van der Waals surface area contributed by atoms with Crippen LogP contribution in [0.1, 0.15) is 48.9 Å². The number of hydrazine groups is 1. The Morgan fingerprint density at radius 3 is 2.46 bits per heavy atom. The summed E-state index contributed by atoms with van der Waals surface area (Å²) in [4.78, 5) is 19.7. The van der Waals surface area contributed by atoms with E-state index in [1.165, 1.54) is 24.8 Å². The Bertz CT molecular complexity index is 882. The van der Waals surface area contributed by atoms with E-state index in [0.29, 0.717) is 6.54 Å². The highest BCUT2D eigenvalue weighted by atomic mass is 16.2. The lowest BCUT2D eigenvalue weighted by Gasteiger charge is -2.32. The molecular weight excluding hydrogens is 348 g/mol. The quantitative estimate of drug-likeness (QED) is 0.876. The summed E-state index contributed by atoms with van der Waals surface area (Å²) in [5.41, 5.74) is 7.71. The number of carbonyl (C=O) groups excluding carboxylic acids is 1. The molecule has 3 aliphatic rings. The summed E-state index contributed by atoms with van der Waals surface area (Å²) < 4.78 is 0. The van der Waals surface area contributed by atoms with E-state index in [1.807, 2.05) is 24.0 Å². The summed E-state index contributed by atoms with van der Waals surface area (Å²) in [5, 5.41) is 2.32. The van der Waals surface area contributed by atoms with Crippen molar-refractivity contribution in [2.75, 3.05) is 23.4 Å². The average molecular weight is 377 g/mol. The number of hydrogen-bond donors (Lipinski definition) is 1. The van der Waals surface area contributed by atoms with Crippen LogP contribution < -0.4 is 10.3 Å². The molecule has 0 bridgehead atoms. The van der Waals surface area contributed by atoms with Crippen LogP contribution in [-0.2, 0) is 11.3 Å². The molecule has 0 spiro atoms. The van der Waals surface area contributed by atoms with Crippen LogP contribution in [0.2, 0.25) is 0 Å². The average Bonchev–Trinajstić information content (AvgIpc) is 3.27. The van der Waals surface area contributed by atoms with E-state index < -0.39 is 0 Å². The van der Waals surface area contributed by atoms with Crippen molar-refractivity contribution in [1.29, 1.82) is 0 Å². The third-order valence-corrected chi connectivity index (χ3v) is 6.73. The summed E-state index contributed by atoms with van der Waals surface area (Å²) >= 11 is 0.